The number of carbonyl (C=O) groups excluding carboxylic acids is 1. The van der Waals surface area contributed by atoms with Crippen LogP contribution in [-0.2, 0) is 4.57 Å². The van der Waals surface area contributed by atoms with Crippen molar-refractivity contribution >= 4 is 24.8 Å². The van der Waals surface area contributed by atoms with Gasteiger partial charge < -0.3 is 0 Å². The summed E-state index contributed by atoms with van der Waals surface area (Å²) >= 11 is 1.25. The monoisotopic (exact) mass is 219 g/mol. The molecule has 5 nitrogen and oxygen atoms in total. The molecule has 0 atom stereocenters. The molecule has 13 heavy (non-hydrogen) atoms. The van der Waals surface area contributed by atoms with Crippen molar-refractivity contribution in [2.75, 3.05) is 0 Å². The fourth-order valence-electron chi connectivity index (χ4n) is 0.764. The van der Waals surface area contributed by atoms with Gasteiger partial charge in [0.15, 0.2) is 0 Å². The van der Waals surface area contributed by atoms with Crippen LogP contribution in [0.25, 0.3) is 0 Å². The average molecular weight is 219 g/mol. The molecule has 1 rings (SSSR count). The molecule has 1 aromatic heterocycles. The lowest BCUT2D eigenvalue weighted by atomic mass is 10.3. The van der Waals surface area contributed by atoms with E-state index in [9.17, 15) is 9.36 Å². The first-order chi connectivity index (χ1) is 5.88. The molecule has 7 heteroatoms. The first-order valence-corrected chi connectivity index (χ1v) is 6.16. The van der Waals surface area contributed by atoms with Gasteiger partial charge in [-0.05, 0) is 23.9 Å². The minimum absolute atomic E-state index is 0.452. The van der Waals surface area contributed by atoms with Crippen molar-refractivity contribution in [1.82, 2.24) is 5.09 Å². The molecule has 0 unspecified atom stereocenters. The molecule has 72 valence electrons. The van der Waals surface area contributed by atoms with Crippen LogP contribution in [0, 0.1) is 6.92 Å². The lowest BCUT2D eigenvalue weighted by Gasteiger charge is -2.06. The van der Waals surface area contributed by atoms with E-state index < -0.39 is 13.5 Å². The maximum absolute atomic E-state index is 11.2. The van der Waals surface area contributed by atoms with Crippen molar-refractivity contribution in [3.05, 3.63) is 21.9 Å². The van der Waals surface area contributed by atoms with Gasteiger partial charge in [-0.1, -0.05) is 0 Å². The van der Waals surface area contributed by atoms with Crippen LogP contribution in [0.15, 0.2) is 11.4 Å². The maximum Gasteiger partial charge on any atom is 0.300 e. The van der Waals surface area contributed by atoms with E-state index in [1.807, 2.05) is 17.4 Å². The summed E-state index contributed by atoms with van der Waals surface area (Å²) in [5, 5.41) is 3.84. The van der Waals surface area contributed by atoms with Gasteiger partial charge in [0.2, 0.25) is 0 Å². The van der Waals surface area contributed by atoms with Crippen molar-refractivity contribution in [3.8, 4) is 0 Å². The second-order valence-corrected chi connectivity index (χ2v) is 5.19. The molecule has 0 saturated heterocycles. The van der Waals surface area contributed by atoms with E-state index in [0.717, 1.165) is 5.56 Å². The second-order valence-electron chi connectivity index (χ2n) is 2.64. The predicted molar refractivity (Wildman–Crippen MR) is 52.5 cm³/mol. The summed E-state index contributed by atoms with van der Waals surface area (Å²) in [7, 11) is -3.47. The van der Waals surface area contributed by atoms with Crippen molar-refractivity contribution in [2.24, 2.45) is 11.0 Å². The fourth-order valence-corrected chi connectivity index (χ4v) is 2.07. The Balaban J connectivity index is 2.75. The highest BCUT2D eigenvalue weighted by atomic mass is 32.1. The number of hydrogen-bond acceptors (Lipinski definition) is 3. The van der Waals surface area contributed by atoms with Gasteiger partial charge >= 0.3 is 7.59 Å². The molecule has 0 aliphatic carbocycles. The van der Waals surface area contributed by atoms with Crippen molar-refractivity contribution in [2.45, 2.75) is 6.92 Å². The topological polar surface area (TPSA) is 98.2 Å². The lowest BCUT2D eigenvalue weighted by Crippen LogP contribution is -2.27. The number of rotatable bonds is 2. The molecule has 1 amide bonds. The summed E-state index contributed by atoms with van der Waals surface area (Å²) in [6.07, 6.45) is 0. The van der Waals surface area contributed by atoms with Gasteiger partial charge in [-0.3, -0.25) is 25.5 Å². The SMILES string of the molecule is Cc1csc(C(=O)NP(N)(N)=O)c1. The minimum Gasteiger partial charge on any atom is -0.279 e. The van der Waals surface area contributed by atoms with Gasteiger partial charge in [0.1, 0.15) is 0 Å². The van der Waals surface area contributed by atoms with E-state index in [1.54, 1.807) is 6.07 Å². The minimum atomic E-state index is -3.47. The highest BCUT2D eigenvalue weighted by molar-refractivity contribution is 7.57. The molecular formula is C6H10N3O2PS. The highest BCUT2D eigenvalue weighted by Gasteiger charge is 2.15. The van der Waals surface area contributed by atoms with Gasteiger partial charge in [0.05, 0.1) is 4.88 Å². The first-order valence-electron chi connectivity index (χ1n) is 3.43. The Morgan fingerprint density at radius 1 is 1.62 bits per heavy atom. The third-order valence-electron chi connectivity index (χ3n) is 1.23. The predicted octanol–water partition coefficient (Wildman–Crippen LogP) is 0.812. The van der Waals surface area contributed by atoms with Crippen LogP contribution in [0.3, 0.4) is 0 Å². The number of hydrogen-bond donors (Lipinski definition) is 3. The molecule has 0 aliphatic rings. The second kappa shape index (κ2) is 3.59. The van der Waals surface area contributed by atoms with Crippen LogP contribution in [0.5, 0.6) is 0 Å². The van der Waals surface area contributed by atoms with E-state index in [0.29, 0.717) is 4.88 Å². The van der Waals surface area contributed by atoms with Gasteiger partial charge in [0.25, 0.3) is 5.91 Å². The zero-order valence-electron chi connectivity index (χ0n) is 6.98. The van der Waals surface area contributed by atoms with Gasteiger partial charge in [-0.25, -0.2) is 0 Å². The number of nitrogens with one attached hydrogen (secondary N) is 1. The molecule has 0 spiro atoms. The largest absolute Gasteiger partial charge is 0.300 e. The Labute approximate surface area is 79.7 Å². The third kappa shape index (κ3) is 3.28. The lowest BCUT2D eigenvalue weighted by molar-refractivity contribution is 0.0984. The van der Waals surface area contributed by atoms with Crippen LogP contribution in [0.1, 0.15) is 15.2 Å². The van der Waals surface area contributed by atoms with Crippen LogP contribution in [0.2, 0.25) is 0 Å². The van der Waals surface area contributed by atoms with Gasteiger partial charge in [-0.2, -0.15) is 0 Å². The smallest absolute Gasteiger partial charge is 0.279 e. The van der Waals surface area contributed by atoms with Crippen LogP contribution < -0.4 is 16.1 Å². The number of aryl methyl sites for hydroxylation is 1. The van der Waals surface area contributed by atoms with Gasteiger partial charge in [-0.15, -0.1) is 11.3 Å². The molecule has 0 aliphatic heterocycles. The highest BCUT2D eigenvalue weighted by Crippen LogP contribution is 2.21. The Morgan fingerprint density at radius 3 is 2.62 bits per heavy atom. The number of carbonyl (C=O) groups is 1. The molecule has 1 heterocycles. The summed E-state index contributed by atoms with van der Waals surface area (Å²) < 4.78 is 10.8. The zero-order valence-corrected chi connectivity index (χ0v) is 8.69. The summed E-state index contributed by atoms with van der Waals surface area (Å²) in [5.41, 5.74) is 10.9. The molecule has 1 aromatic rings. The maximum atomic E-state index is 11.2. The van der Waals surface area contributed by atoms with E-state index >= 15 is 0 Å². The van der Waals surface area contributed by atoms with E-state index in [-0.39, 0.29) is 0 Å². The van der Waals surface area contributed by atoms with Crippen molar-refractivity contribution in [3.63, 3.8) is 0 Å². The van der Waals surface area contributed by atoms with Crippen LogP contribution in [-0.4, -0.2) is 5.91 Å². The molecule has 0 saturated carbocycles. The Hall–Kier alpha value is -0.680. The van der Waals surface area contributed by atoms with Crippen molar-refractivity contribution in [1.29, 1.82) is 0 Å². The standard InChI is InChI=1S/C6H10N3O2PS/c1-4-2-5(13-3-4)6(10)9-12(7,8)11/h2-3H,1H3,(H5,7,8,9,10,11). The molecule has 0 aromatic carbocycles. The molecular weight excluding hydrogens is 209 g/mol. The summed E-state index contributed by atoms with van der Waals surface area (Å²) in [6, 6.07) is 1.68. The Morgan fingerprint density at radius 2 is 2.23 bits per heavy atom. The van der Waals surface area contributed by atoms with Crippen LogP contribution in [0.4, 0.5) is 0 Å². The number of amides is 1. The quantitative estimate of drug-likeness (QED) is 0.641. The van der Waals surface area contributed by atoms with Crippen LogP contribution >= 0.6 is 18.9 Å². The summed E-state index contributed by atoms with van der Waals surface area (Å²) in [6.45, 7) is 1.86. The molecule has 0 fully saturated rings. The Kier molecular flexibility index (Phi) is 2.87. The molecule has 0 radical (unpaired) electrons. The molecule has 5 N–H and O–H groups in total. The summed E-state index contributed by atoms with van der Waals surface area (Å²) in [4.78, 5) is 11.7. The number of thiophene rings is 1. The Bertz CT molecular complexity index is 370. The number of nitrogens with two attached hydrogens (primary N) is 2. The zero-order chi connectivity index (χ0) is 10.1. The van der Waals surface area contributed by atoms with Crippen molar-refractivity contribution < 1.29 is 9.36 Å². The first kappa shape index (κ1) is 10.4. The third-order valence-corrected chi connectivity index (χ3v) is 2.83. The fraction of sp³-hybridized carbons (Fsp3) is 0.167. The molecule has 0 bridgehead atoms. The normalized spacial score (nSPS) is 11.3. The van der Waals surface area contributed by atoms with E-state index in [2.05, 4.69) is 0 Å². The summed E-state index contributed by atoms with van der Waals surface area (Å²) in [5.74, 6) is -0.494. The average Bonchev–Trinajstić information content (AvgIpc) is 2.31. The van der Waals surface area contributed by atoms with Gasteiger partial charge in [0, 0.05) is 0 Å². The van der Waals surface area contributed by atoms with E-state index in [1.165, 1.54) is 11.3 Å². The van der Waals surface area contributed by atoms with E-state index in [4.69, 9.17) is 11.0 Å².